The van der Waals surface area contributed by atoms with E-state index in [1.807, 2.05) is 0 Å². The Morgan fingerprint density at radius 3 is 0.590 bits per heavy atom. The van der Waals surface area contributed by atoms with Gasteiger partial charge in [-0.25, -0.2) is 0 Å². The summed E-state index contributed by atoms with van der Waals surface area (Å²) in [6, 6.07) is 0. The Kier molecular flexibility index (Phi) is 49.3. The van der Waals surface area contributed by atoms with E-state index in [1.54, 1.807) is 0 Å². The molecule has 0 aromatic carbocycles. The van der Waals surface area contributed by atoms with Crippen LogP contribution in [0.15, 0.2) is 0 Å². The standard InChI is InChI=1S/2C19H35.Ni/c2*1-3-5-7-9-11-13-15-17-19-18-16-14-12-10-8-6-4-2;/h2*3,5-19H2,1H3;/q2*-1;+2. The van der Waals surface area contributed by atoms with Crippen molar-refractivity contribution >= 4 is 0 Å². The van der Waals surface area contributed by atoms with E-state index in [0.29, 0.717) is 0 Å². The quantitative estimate of drug-likeness (QED) is 0.0340. The molecule has 0 aromatic rings. The van der Waals surface area contributed by atoms with E-state index < -0.39 is 0 Å². The molecule has 0 aliphatic carbocycles. The average Bonchev–Trinajstić information content (AvgIpc) is 2.93. The van der Waals surface area contributed by atoms with E-state index >= 15 is 0 Å². The smallest absolute Gasteiger partial charge is 0.694 e. The number of rotatable bonds is 30. The number of hydrogen-bond acceptors (Lipinski definition) is 0. The number of hydrogen-bond donors (Lipinski definition) is 0. The minimum Gasteiger partial charge on any atom is -0.694 e. The van der Waals surface area contributed by atoms with Gasteiger partial charge in [0, 0.05) is 0 Å². The third kappa shape index (κ3) is 47.7. The second kappa shape index (κ2) is 44.6. The Hall–Kier alpha value is -0.386. The van der Waals surface area contributed by atoms with E-state index in [9.17, 15) is 0 Å². The molecule has 232 valence electrons. The predicted octanol–water partition coefficient (Wildman–Crippen LogP) is 13.7. The van der Waals surface area contributed by atoms with Crippen LogP contribution in [0.3, 0.4) is 0 Å². The van der Waals surface area contributed by atoms with Crippen LogP contribution in [-0.2, 0) is 16.5 Å². The van der Waals surface area contributed by atoms with Gasteiger partial charge in [0.15, 0.2) is 0 Å². The Balaban J connectivity index is -0.000000648. The summed E-state index contributed by atoms with van der Waals surface area (Å²) in [5.74, 6) is 4.93. The molecular formula is C38H70Ni. The molecule has 0 aliphatic rings. The Morgan fingerprint density at radius 1 is 0.282 bits per heavy atom. The van der Waals surface area contributed by atoms with Gasteiger partial charge in [-0.15, -0.1) is 0 Å². The molecule has 1 heteroatoms. The zero-order chi connectivity index (χ0) is 28.0. The summed E-state index contributed by atoms with van der Waals surface area (Å²) in [6.45, 7) is 4.57. The molecule has 0 rings (SSSR count). The zero-order valence-electron chi connectivity index (χ0n) is 26.9. The normalized spacial score (nSPS) is 10.3. The minimum atomic E-state index is 0. The SMILES string of the molecule is [C-]#CCCCCCCCCCCCCCCCCC.[C-]#CCCCCCCCCCCCCCCCCC.[Ni+2]. The first-order chi connectivity index (χ1) is 18.8. The molecule has 0 spiro atoms. The molecule has 0 aromatic heterocycles. The maximum absolute atomic E-state index is 6.83. The van der Waals surface area contributed by atoms with Gasteiger partial charge in [-0.2, -0.15) is 0 Å². The minimum absolute atomic E-state index is 0. The van der Waals surface area contributed by atoms with Gasteiger partial charge in [0.1, 0.15) is 0 Å². The van der Waals surface area contributed by atoms with E-state index in [1.165, 1.54) is 193 Å². The van der Waals surface area contributed by atoms with Crippen molar-refractivity contribution in [2.24, 2.45) is 0 Å². The number of unbranched alkanes of at least 4 members (excludes halogenated alkanes) is 30. The Bertz CT molecular complexity index is 424. The first kappa shape index (κ1) is 43.1. The van der Waals surface area contributed by atoms with E-state index in [-0.39, 0.29) is 16.5 Å². The fraction of sp³-hybridized carbons (Fsp3) is 0.895. The molecule has 0 N–H and O–H groups in total. The van der Waals surface area contributed by atoms with E-state index in [0.717, 1.165) is 12.8 Å². The van der Waals surface area contributed by atoms with Gasteiger partial charge < -0.3 is 24.7 Å². The van der Waals surface area contributed by atoms with E-state index in [2.05, 4.69) is 25.7 Å². The van der Waals surface area contributed by atoms with Crippen molar-refractivity contribution in [2.45, 2.75) is 219 Å². The van der Waals surface area contributed by atoms with Gasteiger partial charge in [-0.05, 0) is 25.7 Å². The van der Waals surface area contributed by atoms with Crippen molar-refractivity contribution in [3.05, 3.63) is 12.8 Å². The maximum Gasteiger partial charge on any atom is 2.00 e. The fourth-order valence-electron chi connectivity index (χ4n) is 5.17. The molecule has 0 radical (unpaired) electrons. The summed E-state index contributed by atoms with van der Waals surface area (Å²) in [7, 11) is 0. The molecule has 0 saturated heterocycles. The Labute approximate surface area is 259 Å². The third-order valence-electron chi connectivity index (χ3n) is 7.81. The zero-order valence-corrected chi connectivity index (χ0v) is 27.9. The summed E-state index contributed by atoms with van der Waals surface area (Å²) in [5, 5.41) is 0. The van der Waals surface area contributed by atoms with Crippen molar-refractivity contribution < 1.29 is 16.5 Å². The van der Waals surface area contributed by atoms with Gasteiger partial charge in [0.25, 0.3) is 0 Å². The average molecular weight is 586 g/mol. The molecule has 39 heavy (non-hydrogen) atoms. The molecule has 0 aliphatic heterocycles. The van der Waals surface area contributed by atoms with Crippen LogP contribution in [0.2, 0.25) is 0 Å². The van der Waals surface area contributed by atoms with Gasteiger partial charge in [0.2, 0.25) is 0 Å². The van der Waals surface area contributed by atoms with Crippen LogP contribution in [0.25, 0.3) is 0 Å². The van der Waals surface area contributed by atoms with Gasteiger partial charge >= 0.3 is 16.5 Å². The first-order valence-corrected chi connectivity index (χ1v) is 17.6. The summed E-state index contributed by atoms with van der Waals surface area (Å²) >= 11 is 0. The maximum atomic E-state index is 6.83. The second-order valence-corrected chi connectivity index (χ2v) is 11.8. The molecular weight excluding hydrogens is 515 g/mol. The predicted molar refractivity (Wildman–Crippen MR) is 173 cm³/mol. The van der Waals surface area contributed by atoms with E-state index in [4.69, 9.17) is 12.8 Å². The van der Waals surface area contributed by atoms with Gasteiger partial charge in [-0.1, -0.05) is 194 Å². The van der Waals surface area contributed by atoms with Crippen molar-refractivity contribution in [3.63, 3.8) is 0 Å². The van der Waals surface area contributed by atoms with Crippen LogP contribution in [0.5, 0.6) is 0 Å². The summed E-state index contributed by atoms with van der Waals surface area (Å²) in [4.78, 5) is 0. The van der Waals surface area contributed by atoms with Gasteiger partial charge in [-0.3, -0.25) is 0 Å². The second-order valence-electron chi connectivity index (χ2n) is 11.8. The van der Waals surface area contributed by atoms with Crippen LogP contribution < -0.4 is 0 Å². The first-order valence-electron chi connectivity index (χ1n) is 17.6. The molecule has 0 saturated carbocycles. The van der Waals surface area contributed by atoms with Crippen LogP contribution in [0.4, 0.5) is 0 Å². The third-order valence-corrected chi connectivity index (χ3v) is 7.81. The molecule has 0 nitrogen and oxygen atoms in total. The summed E-state index contributed by atoms with van der Waals surface area (Å²) in [6.07, 6.45) is 57.5. The van der Waals surface area contributed by atoms with Gasteiger partial charge in [0.05, 0.1) is 0 Å². The summed E-state index contributed by atoms with van der Waals surface area (Å²) < 4.78 is 0. The van der Waals surface area contributed by atoms with Crippen molar-refractivity contribution in [1.29, 1.82) is 0 Å². The summed E-state index contributed by atoms with van der Waals surface area (Å²) in [5.41, 5.74) is 0. The fourth-order valence-corrected chi connectivity index (χ4v) is 5.17. The Morgan fingerprint density at radius 2 is 0.436 bits per heavy atom. The largest absolute Gasteiger partial charge is 2.00 e. The van der Waals surface area contributed by atoms with Crippen LogP contribution >= 0.6 is 0 Å². The van der Waals surface area contributed by atoms with Crippen LogP contribution in [0.1, 0.15) is 219 Å². The monoisotopic (exact) mass is 584 g/mol. The molecule has 0 atom stereocenters. The molecule has 0 unspecified atom stereocenters. The van der Waals surface area contributed by atoms with Crippen molar-refractivity contribution in [2.75, 3.05) is 0 Å². The topological polar surface area (TPSA) is 0 Å². The van der Waals surface area contributed by atoms with Crippen LogP contribution in [0, 0.1) is 24.7 Å². The van der Waals surface area contributed by atoms with Crippen molar-refractivity contribution in [3.8, 4) is 11.8 Å². The molecule has 0 bridgehead atoms. The van der Waals surface area contributed by atoms with Crippen molar-refractivity contribution in [1.82, 2.24) is 0 Å². The molecule has 0 fully saturated rings. The molecule has 0 amide bonds. The molecule has 0 heterocycles. The van der Waals surface area contributed by atoms with Crippen LogP contribution in [-0.4, -0.2) is 0 Å².